The fourth-order valence-electron chi connectivity index (χ4n) is 2.35. The molecule has 0 bridgehead atoms. The molecule has 1 aliphatic carbocycles. The van der Waals surface area contributed by atoms with Gasteiger partial charge in [-0.3, -0.25) is 4.79 Å². The molecule has 1 aromatic carbocycles. The summed E-state index contributed by atoms with van der Waals surface area (Å²) in [6.07, 6.45) is 7.16. The maximum Gasteiger partial charge on any atom is 0.243 e. The largest absolute Gasteiger partial charge is 0.497 e. The van der Waals surface area contributed by atoms with Gasteiger partial charge < -0.3 is 4.74 Å². The van der Waals surface area contributed by atoms with Gasteiger partial charge in [0, 0.05) is 5.92 Å². The molecule has 1 aromatic rings. The van der Waals surface area contributed by atoms with Gasteiger partial charge in [-0.05, 0) is 30.5 Å². The second kappa shape index (κ2) is 6.92. The van der Waals surface area contributed by atoms with Crippen molar-refractivity contribution in [1.82, 2.24) is 5.43 Å². The predicted octanol–water partition coefficient (Wildman–Crippen LogP) is 2.73. The van der Waals surface area contributed by atoms with E-state index in [4.69, 9.17) is 4.74 Å². The summed E-state index contributed by atoms with van der Waals surface area (Å²) < 4.78 is 5.13. The number of rotatable bonds is 4. The summed E-state index contributed by atoms with van der Waals surface area (Å²) in [7, 11) is 1.63. The molecule has 0 atom stereocenters. The van der Waals surface area contributed by atoms with Crippen molar-refractivity contribution in [3.63, 3.8) is 0 Å². The standard InChI is InChI=1S/C15H20N2O2/c1-19-14-9-5-6-12(10-14)11-16-17-15(18)13-7-3-2-4-8-13/h5-6,9-11,13H,2-4,7-8H2,1H3,(H,17,18). The smallest absolute Gasteiger partial charge is 0.243 e. The normalized spacial score (nSPS) is 16.5. The quantitative estimate of drug-likeness (QED) is 0.668. The van der Waals surface area contributed by atoms with Crippen LogP contribution in [0.15, 0.2) is 29.4 Å². The summed E-state index contributed by atoms with van der Waals surface area (Å²) in [6, 6.07) is 7.55. The van der Waals surface area contributed by atoms with Gasteiger partial charge in [0.2, 0.25) is 5.91 Å². The Hall–Kier alpha value is -1.84. The second-order valence-corrected chi connectivity index (χ2v) is 4.85. The molecule has 0 unspecified atom stereocenters. The van der Waals surface area contributed by atoms with Crippen LogP contribution in [-0.4, -0.2) is 19.2 Å². The topological polar surface area (TPSA) is 50.7 Å². The van der Waals surface area contributed by atoms with Crippen molar-refractivity contribution in [2.24, 2.45) is 11.0 Å². The Kier molecular flexibility index (Phi) is 4.95. The highest BCUT2D eigenvalue weighted by Crippen LogP contribution is 2.23. The second-order valence-electron chi connectivity index (χ2n) is 4.85. The van der Waals surface area contributed by atoms with Gasteiger partial charge in [-0.2, -0.15) is 5.10 Å². The highest BCUT2D eigenvalue weighted by Gasteiger charge is 2.20. The summed E-state index contributed by atoms with van der Waals surface area (Å²) in [5.41, 5.74) is 3.53. The zero-order valence-corrected chi connectivity index (χ0v) is 11.3. The van der Waals surface area contributed by atoms with E-state index in [1.807, 2.05) is 24.3 Å². The van der Waals surface area contributed by atoms with Gasteiger partial charge in [0.15, 0.2) is 0 Å². The number of methoxy groups -OCH3 is 1. The minimum absolute atomic E-state index is 0.0406. The lowest BCUT2D eigenvalue weighted by Gasteiger charge is -2.19. The summed E-state index contributed by atoms with van der Waals surface area (Å²) in [5.74, 6) is 0.956. The number of benzene rings is 1. The van der Waals surface area contributed by atoms with Gasteiger partial charge in [-0.1, -0.05) is 31.4 Å². The van der Waals surface area contributed by atoms with Gasteiger partial charge in [0.1, 0.15) is 5.75 Å². The molecule has 4 nitrogen and oxygen atoms in total. The van der Waals surface area contributed by atoms with Gasteiger partial charge >= 0.3 is 0 Å². The first kappa shape index (κ1) is 13.6. The third-order valence-corrected chi connectivity index (χ3v) is 3.46. The van der Waals surface area contributed by atoms with E-state index < -0.39 is 0 Å². The van der Waals surface area contributed by atoms with Crippen LogP contribution in [0.4, 0.5) is 0 Å². The molecule has 1 N–H and O–H groups in total. The molecule has 0 spiro atoms. The van der Waals surface area contributed by atoms with E-state index in [0.29, 0.717) is 0 Å². The molecular formula is C15H20N2O2. The molecule has 0 radical (unpaired) electrons. The number of nitrogens with zero attached hydrogens (tertiary/aromatic N) is 1. The molecule has 0 heterocycles. The van der Waals surface area contributed by atoms with E-state index >= 15 is 0 Å². The van der Waals surface area contributed by atoms with Crippen molar-refractivity contribution in [2.75, 3.05) is 7.11 Å². The van der Waals surface area contributed by atoms with E-state index in [2.05, 4.69) is 10.5 Å². The van der Waals surface area contributed by atoms with Crippen LogP contribution in [0.3, 0.4) is 0 Å². The molecule has 0 aromatic heterocycles. The van der Waals surface area contributed by atoms with Crippen molar-refractivity contribution in [3.05, 3.63) is 29.8 Å². The predicted molar refractivity (Wildman–Crippen MR) is 75.3 cm³/mol. The lowest BCUT2D eigenvalue weighted by atomic mass is 9.89. The number of nitrogens with one attached hydrogen (secondary N) is 1. The molecular weight excluding hydrogens is 240 g/mol. The SMILES string of the molecule is COc1cccc(C=NNC(=O)C2CCCCC2)c1. The van der Waals surface area contributed by atoms with Crippen molar-refractivity contribution >= 4 is 12.1 Å². The van der Waals surface area contributed by atoms with Crippen LogP contribution in [0.1, 0.15) is 37.7 Å². The zero-order chi connectivity index (χ0) is 13.5. The summed E-state index contributed by atoms with van der Waals surface area (Å²) in [4.78, 5) is 11.9. The highest BCUT2D eigenvalue weighted by molar-refractivity contribution is 5.83. The number of carbonyl (C=O) groups excluding carboxylic acids is 1. The highest BCUT2D eigenvalue weighted by atomic mass is 16.5. The molecule has 0 aliphatic heterocycles. The van der Waals surface area contributed by atoms with Crippen LogP contribution in [0.2, 0.25) is 0 Å². The first-order chi connectivity index (χ1) is 9.29. The minimum atomic E-state index is 0.0406. The Morgan fingerprint density at radius 3 is 2.89 bits per heavy atom. The molecule has 2 rings (SSSR count). The Balaban J connectivity index is 1.86. The Labute approximate surface area is 113 Å². The summed E-state index contributed by atoms with van der Waals surface area (Å²) in [6.45, 7) is 0. The van der Waals surface area contributed by atoms with Crippen LogP contribution in [0, 0.1) is 5.92 Å². The van der Waals surface area contributed by atoms with Crippen LogP contribution in [0.5, 0.6) is 5.75 Å². The van der Waals surface area contributed by atoms with Crippen molar-refractivity contribution in [1.29, 1.82) is 0 Å². The minimum Gasteiger partial charge on any atom is -0.497 e. The van der Waals surface area contributed by atoms with Gasteiger partial charge in [0.25, 0.3) is 0 Å². The molecule has 1 fully saturated rings. The van der Waals surface area contributed by atoms with Crippen LogP contribution in [0.25, 0.3) is 0 Å². The van der Waals surface area contributed by atoms with Gasteiger partial charge in [0.05, 0.1) is 13.3 Å². The Morgan fingerprint density at radius 1 is 1.37 bits per heavy atom. The van der Waals surface area contributed by atoms with Gasteiger partial charge in [-0.25, -0.2) is 5.43 Å². The fourth-order valence-corrected chi connectivity index (χ4v) is 2.35. The van der Waals surface area contributed by atoms with E-state index in [-0.39, 0.29) is 11.8 Å². The number of carbonyl (C=O) groups is 1. The van der Waals surface area contributed by atoms with Gasteiger partial charge in [-0.15, -0.1) is 0 Å². The number of hydrogen-bond donors (Lipinski definition) is 1. The van der Waals surface area contributed by atoms with Crippen LogP contribution >= 0.6 is 0 Å². The fraction of sp³-hybridized carbons (Fsp3) is 0.467. The maximum absolute atomic E-state index is 11.9. The van der Waals surface area contributed by atoms with Crippen molar-refractivity contribution in [2.45, 2.75) is 32.1 Å². The molecule has 19 heavy (non-hydrogen) atoms. The number of ether oxygens (including phenoxy) is 1. The number of hydrazone groups is 1. The average molecular weight is 260 g/mol. The summed E-state index contributed by atoms with van der Waals surface area (Å²) >= 11 is 0. The molecule has 1 aliphatic rings. The van der Waals surface area contributed by atoms with E-state index in [9.17, 15) is 4.79 Å². The third kappa shape index (κ3) is 4.09. The number of amides is 1. The maximum atomic E-state index is 11.9. The Morgan fingerprint density at radius 2 is 2.16 bits per heavy atom. The van der Waals surface area contributed by atoms with E-state index in [1.54, 1.807) is 13.3 Å². The Bertz CT molecular complexity index is 451. The third-order valence-electron chi connectivity index (χ3n) is 3.46. The van der Waals surface area contributed by atoms with Crippen molar-refractivity contribution < 1.29 is 9.53 Å². The van der Waals surface area contributed by atoms with Crippen LogP contribution < -0.4 is 10.2 Å². The lowest BCUT2D eigenvalue weighted by Crippen LogP contribution is -2.28. The van der Waals surface area contributed by atoms with E-state index in [1.165, 1.54) is 6.42 Å². The first-order valence-electron chi connectivity index (χ1n) is 6.76. The molecule has 0 saturated heterocycles. The lowest BCUT2D eigenvalue weighted by molar-refractivity contribution is -0.125. The molecule has 4 heteroatoms. The monoisotopic (exact) mass is 260 g/mol. The molecule has 1 amide bonds. The number of hydrogen-bond acceptors (Lipinski definition) is 3. The molecule has 1 saturated carbocycles. The van der Waals surface area contributed by atoms with Crippen molar-refractivity contribution in [3.8, 4) is 5.75 Å². The summed E-state index contributed by atoms with van der Waals surface area (Å²) in [5, 5.41) is 4.01. The van der Waals surface area contributed by atoms with E-state index in [0.717, 1.165) is 37.0 Å². The first-order valence-corrected chi connectivity index (χ1v) is 6.76. The zero-order valence-electron chi connectivity index (χ0n) is 11.3. The average Bonchev–Trinajstić information content (AvgIpc) is 2.48. The van der Waals surface area contributed by atoms with Crippen LogP contribution in [-0.2, 0) is 4.79 Å². The molecule has 102 valence electrons.